The van der Waals surface area contributed by atoms with Crippen LogP contribution >= 0.6 is 15.9 Å². The van der Waals surface area contributed by atoms with Crippen molar-refractivity contribution < 1.29 is 28.9 Å². The summed E-state index contributed by atoms with van der Waals surface area (Å²) in [6.07, 6.45) is 0.166. The Morgan fingerprint density at radius 3 is 2.60 bits per heavy atom. The summed E-state index contributed by atoms with van der Waals surface area (Å²) in [5, 5.41) is 9.97. The van der Waals surface area contributed by atoms with Crippen LogP contribution in [0.5, 0.6) is 0 Å². The predicted octanol–water partition coefficient (Wildman–Crippen LogP) is 1.20. The summed E-state index contributed by atoms with van der Waals surface area (Å²) >= 11 is 3.25. The number of carbonyl (C=O) groups is 2. The minimum absolute atomic E-state index is 0.0282. The number of carbonyl (C=O) groups excluding carboxylic acids is 2. The summed E-state index contributed by atoms with van der Waals surface area (Å²) in [4.78, 5) is 22.2. The average Bonchev–Trinajstić information content (AvgIpc) is 2.40. The second-order valence-corrected chi connectivity index (χ2v) is 5.24. The molecule has 0 bridgehead atoms. The number of alkyl halides is 1. The minimum Gasteiger partial charge on any atom is -0.460 e. The standard InChI is InChI=1S/C13H21BrO6/c1-4-11(16)19-8-10(15)7-18-6-5-12(17)20-13(2,3)9-14/h4,10,15H,1,5-9H2,2-3H3. The van der Waals surface area contributed by atoms with Crippen molar-refractivity contribution in [1.82, 2.24) is 0 Å². The monoisotopic (exact) mass is 352 g/mol. The van der Waals surface area contributed by atoms with Crippen LogP contribution in [-0.4, -0.2) is 53.9 Å². The molecule has 0 saturated heterocycles. The van der Waals surface area contributed by atoms with Crippen LogP contribution in [0.1, 0.15) is 20.3 Å². The van der Waals surface area contributed by atoms with Gasteiger partial charge in [-0.2, -0.15) is 0 Å². The fourth-order valence-corrected chi connectivity index (χ4v) is 1.16. The Morgan fingerprint density at radius 1 is 1.40 bits per heavy atom. The van der Waals surface area contributed by atoms with Crippen molar-refractivity contribution in [1.29, 1.82) is 0 Å². The number of ether oxygens (including phenoxy) is 3. The lowest BCUT2D eigenvalue weighted by atomic mass is 10.2. The molecule has 116 valence electrons. The van der Waals surface area contributed by atoms with Crippen LogP contribution in [0.2, 0.25) is 0 Å². The summed E-state index contributed by atoms with van der Waals surface area (Å²) < 4.78 is 14.9. The SMILES string of the molecule is C=CC(=O)OCC(O)COCCC(=O)OC(C)(C)CBr. The van der Waals surface area contributed by atoms with Crippen LogP contribution in [0.15, 0.2) is 12.7 Å². The molecule has 0 radical (unpaired) electrons. The first-order chi connectivity index (χ1) is 9.30. The lowest BCUT2D eigenvalue weighted by Gasteiger charge is -2.22. The number of aliphatic hydroxyl groups excluding tert-OH is 1. The summed E-state index contributed by atoms with van der Waals surface area (Å²) in [6.45, 7) is 6.73. The van der Waals surface area contributed by atoms with E-state index in [0.717, 1.165) is 6.08 Å². The third-order valence-corrected chi connectivity index (χ3v) is 3.41. The second kappa shape index (κ2) is 9.90. The van der Waals surface area contributed by atoms with Crippen LogP contribution in [0.25, 0.3) is 0 Å². The van der Waals surface area contributed by atoms with Gasteiger partial charge in [-0.25, -0.2) is 4.79 Å². The summed E-state index contributed by atoms with van der Waals surface area (Å²) in [7, 11) is 0. The van der Waals surface area contributed by atoms with E-state index < -0.39 is 17.7 Å². The topological polar surface area (TPSA) is 82.1 Å². The first kappa shape index (κ1) is 19.1. The molecule has 0 aromatic carbocycles. The zero-order chi connectivity index (χ0) is 15.6. The van der Waals surface area contributed by atoms with E-state index in [1.165, 1.54) is 0 Å². The zero-order valence-electron chi connectivity index (χ0n) is 11.8. The Bertz CT molecular complexity index is 329. The Hall–Kier alpha value is -0.920. The van der Waals surface area contributed by atoms with Crippen LogP contribution in [-0.2, 0) is 23.8 Å². The van der Waals surface area contributed by atoms with Crippen molar-refractivity contribution in [2.45, 2.75) is 32.0 Å². The molecule has 6 nitrogen and oxygen atoms in total. The van der Waals surface area contributed by atoms with Gasteiger partial charge in [-0.05, 0) is 13.8 Å². The van der Waals surface area contributed by atoms with E-state index in [1.54, 1.807) is 13.8 Å². The van der Waals surface area contributed by atoms with Crippen LogP contribution in [0.3, 0.4) is 0 Å². The summed E-state index contributed by atoms with van der Waals surface area (Å²) in [5.41, 5.74) is -0.560. The normalized spacial score (nSPS) is 12.6. The van der Waals surface area contributed by atoms with Gasteiger partial charge in [0.1, 0.15) is 18.3 Å². The maximum atomic E-state index is 11.5. The quantitative estimate of drug-likeness (QED) is 0.275. The van der Waals surface area contributed by atoms with E-state index in [9.17, 15) is 14.7 Å². The van der Waals surface area contributed by atoms with E-state index >= 15 is 0 Å². The number of rotatable bonds is 10. The molecule has 0 aromatic rings. The highest BCUT2D eigenvalue weighted by Gasteiger charge is 2.21. The number of esters is 2. The molecule has 0 rings (SSSR count). The van der Waals surface area contributed by atoms with Gasteiger partial charge in [0.2, 0.25) is 0 Å². The molecule has 0 fully saturated rings. The van der Waals surface area contributed by atoms with Crippen molar-refractivity contribution in [3.63, 3.8) is 0 Å². The molecule has 0 aromatic heterocycles. The van der Waals surface area contributed by atoms with Crippen LogP contribution in [0.4, 0.5) is 0 Å². The third kappa shape index (κ3) is 9.94. The van der Waals surface area contributed by atoms with Gasteiger partial charge in [-0.1, -0.05) is 22.5 Å². The molecule has 0 spiro atoms. The van der Waals surface area contributed by atoms with Crippen molar-refractivity contribution in [3.8, 4) is 0 Å². The molecule has 1 atom stereocenters. The first-order valence-corrected chi connectivity index (χ1v) is 7.25. The second-order valence-electron chi connectivity index (χ2n) is 4.68. The number of hydrogen-bond acceptors (Lipinski definition) is 6. The highest BCUT2D eigenvalue weighted by atomic mass is 79.9. The average molecular weight is 353 g/mol. The molecule has 0 aliphatic rings. The highest BCUT2D eigenvalue weighted by Crippen LogP contribution is 2.13. The van der Waals surface area contributed by atoms with Gasteiger partial charge < -0.3 is 19.3 Å². The lowest BCUT2D eigenvalue weighted by Crippen LogP contribution is -2.30. The largest absolute Gasteiger partial charge is 0.460 e. The van der Waals surface area contributed by atoms with Crippen LogP contribution < -0.4 is 0 Å². The van der Waals surface area contributed by atoms with E-state index in [-0.39, 0.29) is 32.2 Å². The molecule has 1 N–H and O–H groups in total. The van der Waals surface area contributed by atoms with Crippen molar-refractivity contribution >= 4 is 27.9 Å². The smallest absolute Gasteiger partial charge is 0.330 e. The van der Waals surface area contributed by atoms with Crippen molar-refractivity contribution in [2.75, 3.05) is 25.2 Å². The molecule has 0 aliphatic heterocycles. The first-order valence-electron chi connectivity index (χ1n) is 6.13. The van der Waals surface area contributed by atoms with Gasteiger partial charge >= 0.3 is 11.9 Å². The Morgan fingerprint density at radius 2 is 2.05 bits per heavy atom. The molecule has 1 unspecified atom stereocenters. The third-order valence-electron chi connectivity index (χ3n) is 2.06. The fourth-order valence-electron chi connectivity index (χ4n) is 1.05. The van der Waals surface area contributed by atoms with E-state index in [1.807, 2.05) is 0 Å². The van der Waals surface area contributed by atoms with Crippen LogP contribution in [0, 0.1) is 0 Å². The Labute approximate surface area is 127 Å². The Balaban J connectivity index is 3.68. The molecule has 7 heteroatoms. The molecule has 0 amide bonds. The van der Waals surface area contributed by atoms with Gasteiger partial charge in [0.05, 0.1) is 19.6 Å². The van der Waals surface area contributed by atoms with Gasteiger partial charge in [-0.15, -0.1) is 0 Å². The lowest BCUT2D eigenvalue weighted by molar-refractivity contribution is -0.155. The fraction of sp³-hybridized carbons (Fsp3) is 0.692. The van der Waals surface area contributed by atoms with Crippen molar-refractivity contribution in [2.24, 2.45) is 0 Å². The highest BCUT2D eigenvalue weighted by molar-refractivity contribution is 9.09. The molecule has 20 heavy (non-hydrogen) atoms. The van der Waals surface area contributed by atoms with Crippen molar-refractivity contribution in [3.05, 3.63) is 12.7 Å². The van der Waals surface area contributed by atoms with Gasteiger partial charge in [0.15, 0.2) is 0 Å². The maximum absolute atomic E-state index is 11.5. The Kier molecular flexibility index (Phi) is 9.45. The predicted molar refractivity (Wildman–Crippen MR) is 76.6 cm³/mol. The summed E-state index contributed by atoms with van der Waals surface area (Å²) in [6, 6.07) is 0. The molecule has 0 aliphatic carbocycles. The number of aliphatic hydroxyl groups is 1. The minimum atomic E-state index is -0.936. The van der Waals surface area contributed by atoms with E-state index in [0.29, 0.717) is 5.33 Å². The van der Waals surface area contributed by atoms with E-state index in [2.05, 4.69) is 27.2 Å². The van der Waals surface area contributed by atoms with Gasteiger partial charge in [0.25, 0.3) is 0 Å². The molecular weight excluding hydrogens is 332 g/mol. The number of halogens is 1. The maximum Gasteiger partial charge on any atom is 0.330 e. The molecule has 0 heterocycles. The molecular formula is C13H21BrO6. The van der Waals surface area contributed by atoms with Gasteiger partial charge in [0, 0.05) is 11.4 Å². The summed E-state index contributed by atoms with van der Waals surface area (Å²) in [5.74, 6) is -0.980. The molecule has 0 saturated carbocycles. The van der Waals surface area contributed by atoms with Gasteiger partial charge in [-0.3, -0.25) is 4.79 Å². The zero-order valence-corrected chi connectivity index (χ0v) is 13.3. The van der Waals surface area contributed by atoms with E-state index in [4.69, 9.17) is 9.47 Å². The number of hydrogen-bond donors (Lipinski definition) is 1.